The maximum atomic E-state index is 10.0. The highest BCUT2D eigenvalue weighted by Gasteiger charge is 2.31. The summed E-state index contributed by atoms with van der Waals surface area (Å²) in [6.07, 6.45) is 0.430. The molecule has 2 aromatic rings. The van der Waals surface area contributed by atoms with E-state index in [1.54, 1.807) is 0 Å². The second-order valence-electron chi connectivity index (χ2n) is 3.61. The molecule has 0 aliphatic carbocycles. The van der Waals surface area contributed by atoms with E-state index < -0.39 is 0 Å². The lowest BCUT2D eigenvalue weighted by Gasteiger charge is -2.02. The Balaban J connectivity index is 2.33. The average molecular weight is 202 g/mol. The van der Waals surface area contributed by atoms with Gasteiger partial charge in [0, 0.05) is 29.4 Å². The van der Waals surface area contributed by atoms with E-state index in [0.717, 1.165) is 22.3 Å². The van der Waals surface area contributed by atoms with Crippen LogP contribution in [0.15, 0.2) is 24.3 Å². The number of hydrogen-bond acceptors (Lipinski definition) is 3. The van der Waals surface area contributed by atoms with Crippen molar-refractivity contribution in [1.29, 1.82) is 0 Å². The number of rotatable bonds is 2. The molecule has 1 heterocycles. The van der Waals surface area contributed by atoms with Crippen LogP contribution in [0.4, 0.5) is 0 Å². The molecule has 0 aromatic heterocycles. The van der Waals surface area contributed by atoms with Crippen molar-refractivity contribution in [2.75, 3.05) is 6.61 Å². The molecule has 0 saturated carbocycles. The zero-order valence-corrected chi connectivity index (χ0v) is 8.03. The van der Waals surface area contributed by atoms with E-state index in [-0.39, 0.29) is 12.4 Å². The van der Waals surface area contributed by atoms with Crippen LogP contribution in [0.25, 0.3) is 10.8 Å². The molecule has 2 aromatic carbocycles. The second kappa shape index (κ2) is 2.87. The van der Waals surface area contributed by atoms with Gasteiger partial charge >= 0.3 is 0 Å². The van der Waals surface area contributed by atoms with Crippen LogP contribution in [0.5, 0.6) is 17.2 Å². The largest absolute Gasteiger partial charge is 0.507 e. The fourth-order valence-corrected chi connectivity index (χ4v) is 1.95. The van der Waals surface area contributed by atoms with Gasteiger partial charge in [0.15, 0.2) is 11.5 Å². The highest BCUT2D eigenvalue weighted by molar-refractivity contribution is 6.00. The number of benzene rings is 2. The van der Waals surface area contributed by atoms with Crippen LogP contribution in [0.1, 0.15) is 5.56 Å². The Labute approximate surface area is 86.5 Å². The number of phenolic OH excluding ortho intramolecular Hbond substituents is 1. The molecule has 0 spiro atoms. The maximum Gasteiger partial charge on any atom is 0.178 e. The number of ether oxygens (including phenoxy) is 1. The van der Waals surface area contributed by atoms with Gasteiger partial charge in [-0.1, -0.05) is 24.3 Å². The first kappa shape index (κ1) is 8.56. The molecule has 0 unspecified atom stereocenters. The number of aromatic hydroxyl groups is 1. The van der Waals surface area contributed by atoms with E-state index in [9.17, 15) is 5.11 Å². The first-order valence-electron chi connectivity index (χ1n) is 4.88. The van der Waals surface area contributed by atoms with Crippen LogP contribution < -0.4 is 4.74 Å². The van der Waals surface area contributed by atoms with Gasteiger partial charge < -0.3 is 14.9 Å². The quantitative estimate of drug-likeness (QED) is 0.626. The maximum absolute atomic E-state index is 10.0. The molecule has 0 amide bonds. The standard InChI is InChI=1S/C12H10O3/c13-6-5-9-10(14)7-3-1-2-4-8(7)11-12(9)15-11/h1-4,13-14H,5-6H2. The predicted molar refractivity (Wildman–Crippen MR) is 56.5 cm³/mol. The molecule has 1 aliphatic heterocycles. The van der Waals surface area contributed by atoms with Crippen molar-refractivity contribution in [3.8, 4) is 17.2 Å². The highest BCUT2D eigenvalue weighted by Crippen LogP contribution is 2.57. The summed E-state index contributed by atoms with van der Waals surface area (Å²) in [5.74, 6) is 1.81. The summed E-state index contributed by atoms with van der Waals surface area (Å²) in [6.45, 7) is 0.0156. The Morgan fingerprint density at radius 1 is 1.07 bits per heavy atom. The van der Waals surface area contributed by atoms with Crippen LogP contribution in [0.3, 0.4) is 0 Å². The lowest BCUT2D eigenvalue weighted by molar-refractivity contribution is 0.297. The number of fused-ring (bicyclic) bond motifs is 3. The van der Waals surface area contributed by atoms with Crippen molar-refractivity contribution in [3.63, 3.8) is 0 Å². The molecule has 3 rings (SSSR count). The predicted octanol–water partition coefficient (Wildman–Crippen LogP) is 2.19. The summed E-state index contributed by atoms with van der Waals surface area (Å²) in [6, 6.07) is 7.56. The summed E-state index contributed by atoms with van der Waals surface area (Å²) < 4.78 is 5.34. The van der Waals surface area contributed by atoms with Gasteiger partial charge in [0.05, 0.1) is 0 Å². The summed E-state index contributed by atoms with van der Waals surface area (Å²) in [4.78, 5) is 0. The molecule has 0 bridgehead atoms. The molecule has 0 radical (unpaired) electrons. The first-order chi connectivity index (χ1) is 7.33. The van der Waals surface area contributed by atoms with E-state index in [0.29, 0.717) is 12.0 Å². The van der Waals surface area contributed by atoms with Crippen molar-refractivity contribution < 1.29 is 14.9 Å². The van der Waals surface area contributed by atoms with E-state index in [4.69, 9.17) is 9.84 Å². The molecule has 1 aliphatic rings. The Hall–Kier alpha value is -1.74. The second-order valence-corrected chi connectivity index (χ2v) is 3.61. The highest BCUT2D eigenvalue weighted by atomic mass is 16.6. The number of aliphatic hydroxyl groups is 1. The lowest BCUT2D eigenvalue weighted by Crippen LogP contribution is -1.89. The minimum Gasteiger partial charge on any atom is -0.507 e. The first-order valence-corrected chi connectivity index (χ1v) is 4.88. The molecular weight excluding hydrogens is 192 g/mol. The Morgan fingerprint density at radius 3 is 2.53 bits per heavy atom. The Bertz CT molecular complexity index is 546. The molecule has 3 heteroatoms. The summed E-state index contributed by atoms with van der Waals surface area (Å²) in [5.41, 5.74) is 0.714. The fraction of sp³-hybridized carbons (Fsp3) is 0.167. The van der Waals surface area contributed by atoms with E-state index >= 15 is 0 Å². The van der Waals surface area contributed by atoms with E-state index in [2.05, 4.69) is 0 Å². The fourth-order valence-electron chi connectivity index (χ4n) is 1.95. The van der Waals surface area contributed by atoms with Gasteiger partial charge in [-0.15, -0.1) is 0 Å². The van der Waals surface area contributed by atoms with Gasteiger partial charge in [0.2, 0.25) is 0 Å². The van der Waals surface area contributed by atoms with Crippen molar-refractivity contribution in [1.82, 2.24) is 0 Å². The SMILES string of the molecule is OCCc1c2c(c3ccccc3c1O)O2. The van der Waals surface area contributed by atoms with Gasteiger partial charge in [0.1, 0.15) is 5.75 Å². The van der Waals surface area contributed by atoms with Crippen molar-refractivity contribution in [2.45, 2.75) is 6.42 Å². The molecular formula is C12H10O3. The number of aliphatic hydroxyl groups excluding tert-OH is 1. The molecule has 76 valence electrons. The van der Waals surface area contributed by atoms with Gasteiger partial charge in [-0.05, 0) is 0 Å². The zero-order valence-electron chi connectivity index (χ0n) is 8.03. The molecule has 15 heavy (non-hydrogen) atoms. The third-order valence-corrected chi connectivity index (χ3v) is 2.72. The summed E-state index contributed by atoms with van der Waals surface area (Å²) in [5, 5.41) is 20.6. The zero-order chi connectivity index (χ0) is 10.4. The van der Waals surface area contributed by atoms with Crippen LogP contribution in [0, 0.1) is 0 Å². The van der Waals surface area contributed by atoms with Crippen LogP contribution in [-0.2, 0) is 6.42 Å². The number of hydrogen-bond donors (Lipinski definition) is 2. The van der Waals surface area contributed by atoms with Crippen LogP contribution in [-0.4, -0.2) is 16.8 Å². The third-order valence-electron chi connectivity index (χ3n) is 2.72. The Morgan fingerprint density at radius 2 is 1.80 bits per heavy atom. The van der Waals surface area contributed by atoms with Gasteiger partial charge in [-0.3, -0.25) is 0 Å². The van der Waals surface area contributed by atoms with Gasteiger partial charge in [0.25, 0.3) is 0 Å². The smallest absolute Gasteiger partial charge is 0.178 e. The minimum atomic E-state index is 0.0156. The molecule has 2 N–H and O–H groups in total. The Kier molecular flexibility index (Phi) is 1.64. The van der Waals surface area contributed by atoms with Crippen molar-refractivity contribution in [2.24, 2.45) is 0 Å². The topological polar surface area (TPSA) is 53.0 Å². The van der Waals surface area contributed by atoms with Crippen LogP contribution >= 0.6 is 0 Å². The van der Waals surface area contributed by atoms with E-state index in [1.807, 2.05) is 24.3 Å². The summed E-state index contributed by atoms with van der Waals surface area (Å²) in [7, 11) is 0. The normalized spacial score (nSPS) is 12.3. The van der Waals surface area contributed by atoms with Crippen LogP contribution in [0.2, 0.25) is 0 Å². The molecule has 0 saturated heterocycles. The average Bonchev–Trinajstić information content (AvgIpc) is 3.04. The lowest BCUT2D eigenvalue weighted by atomic mass is 10.0. The minimum absolute atomic E-state index is 0.0156. The molecule has 0 atom stereocenters. The van der Waals surface area contributed by atoms with Gasteiger partial charge in [-0.25, -0.2) is 0 Å². The van der Waals surface area contributed by atoms with Crippen molar-refractivity contribution >= 4 is 10.8 Å². The van der Waals surface area contributed by atoms with Gasteiger partial charge in [-0.2, -0.15) is 0 Å². The van der Waals surface area contributed by atoms with E-state index in [1.165, 1.54) is 0 Å². The molecule has 0 fully saturated rings. The number of phenols is 1. The van der Waals surface area contributed by atoms with Crippen molar-refractivity contribution in [3.05, 3.63) is 29.8 Å². The third kappa shape index (κ3) is 1.10. The summed E-state index contributed by atoms with van der Waals surface area (Å²) >= 11 is 0. The molecule has 3 nitrogen and oxygen atoms in total. The monoisotopic (exact) mass is 202 g/mol.